The lowest BCUT2D eigenvalue weighted by Gasteiger charge is -2.21. The van der Waals surface area contributed by atoms with Gasteiger partial charge in [0.15, 0.2) is 0 Å². The van der Waals surface area contributed by atoms with Crippen molar-refractivity contribution in [1.82, 2.24) is 10.2 Å². The number of nitrogens with one attached hydrogen (secondary N) is 1. The van der Waals surface area contributed by atoms with Gasteiger partial charge in [-0.25, -0.2) is 0 Å². The molecule has 0 amide bonds. The van der Waals surface area contributed by atoms with Gasteiger partial charge in [0.25, 0.3) is 0 Å². The third-order valence-corrected chi connectivity index (χ3v) is 3.19. The molecule has 2 heteroatoms. The van der Waals surface area contributed by atoms with Crippen molar-refractivity contribution < 1.29 is 0 Å². The minimum Gasteiger partial charge on any atom is -0.314 e. The maximum Gasteiger partial charge on any atom is 0.00507 e. The summed E-state index contributed by atoms with van der Waals surface area (Å²) in [7, 11) is 0. The van der Waals surface area contributed by atoms with Crippen molar-refractivity contribution in [3.8, 4) is 0 Å². The fraction of sp³-hybridized carbons (Fsp3) is 1.00. The normalized spacial score (nSPS) is 24.0. The van der Waals surface area contributed by atoms with Gasteiger partial charge in [0.05, 0.1) is 0 Å². The highest BCUT2D eigenvalue weighted by Crippen LogP contribution is 2.28. The van der Waals surface area contributed by atoms with Gasteiger partial charge in [-0.1, -0.05) is 20.8 Å². The molecule has 1 saturated heterocycles. The van der Waals surface area contributed by atoms with Gasteiger partial charge in [-0.15, -0.1) is 0 Å². The van der Waals surface area contributed by atoms with Crippen molar-refractivity contribution in [3.63, 3.8) is 0 Å². The van der Waals surface area contributed by atoms with Crippen LogP contribution in [-0.2, 0) is 0 Å². The molecule has 1 aliphatic heterocycles. The highest BCUT2D eigenvalue weighted by atomic mass is 15.2. The van der Waals surface area contributed by atoms with E-state index in [-0.39, 0.29) is 0 Å². The molecule has 1 aliphatic rings. The quantitative estimate of drug-likeness (QED) is 0.728. The molecule has 0 radical (unpaired) electrons. The van der Waals surface area contributed by atoms with Crippen molar-refractivity contribution in [1.29, 1.82) is 0 Å². The number of hydrogen-bond donors (Lipinski definition) is 1. The Morgan fingerprint density at radius 3 is 2.64 bits per heavy atom. The van der Waals surface area contributed by atoms with Crippen molar-refractivity contribution in [2.45, 2.75) is 46.6 Å². The van der Waals surface area contributed by atoms with E-state index in [2.05, 4.69) is 37.9 Å². The van der Waals surface area contributed by atoms with Crippen molar-refractivity contribution >= 4 is 0 Å². The van der Waals surface area contributed by atoms with Gasteiger partial charge in [-0.3, -0.25) is 0 Å². The second-order valence-corrected chi connectivity index (χ2v) is 5.44. The molecule has 0 spiro atoms. The summed E-state index contributed by atoms with van der Waals surface area (Å²) in [6, 6.07) is 0.670. The third-order valence-electron chi connectivity index (χ3n) is 3.19. The first kappa shape index (κ1) is 12.0. The predicted octanol–water partition coefficient (Wildman–Crippen LogP) is 2.11. The van der Waals surface area contributed by atoms with Gasteiger partial charge in [0.1, 0.15) is 0 Å². The Labute approximate surface area is 89.1 Å². The van der Waals surface area contributed by atoms with Crippen LogP contribution in [0.25, 0.3) is 0 Å². The zero-order chi connectivity index (χ0) is 10.6. The Kier molecular flexibility index (Phi) is 4.39. The molecule has 84 valence electrons. The zero-order valence-electron chi connectivity index (χ0n) is 10.3. The van der Waals surface area contributed by atoms with Gasteiger partial charge >= 0.3 is 0 Å². The fourth-order valence-corrected chi connectivity index (χ4v) is 2.24. The van der Waals surface area contributed by atoms with Crippen LogP contribution in [0.15, 0.2) is 0 Å². The monoisotopic (exact) mass is 198 g/mol. The number of hydrogen-bond acceptors (Lipinski definition) is 2. The first-order valence-corrected chi connectivity index (χ1v) is 5.99. The van der Waals surface area contributed by atoms with Crippen LogP contribution in [0.3, 0.4) is 0 Å². The van der Waals surface area contributed by atoms with Crippen LogP contribution in [-0.4, -0.2) is 37.1 Å². The van der Waals surface area contributed by atoms with E-state index in [1.54, 1.807) is 0 Å². The summed E-state index contributed by atoms with van der Waals surface area (Å²) in [6.07, 6.45) is 2.65. The molecule has 1 rings (SSSR count). The highest BCUT2D eigenvalue weighted by Gasteiger charge is 2.28. The minimum absolute atomic E-state index is 0.557. The smallest absolute Gasteiger partial charge is 0.00507 e. The third kappa shape index (κ3) is 3.97. The van der Waals surface area contributed by atoms with E-state index < -0.39 is 0 Å². The Morgan fingerprint density at radius 2 is 2.14 bits per heavy atom. The molecule has 1 fully saturated rings. The fourth-order valence-electron chi connectivity index (χ4n) is 2.24. The lowest BCUT2D eigenvalue weighted by atomic mass is 9.93. The molecular formula is C12H26N2. The van der Waals surface area contributed by atoms with E-state index in [1.807, 2.05) is 0 Å². The van der Waals surface area contributed by atoms with E-state index in [9.17, 15) is 0 Å². The van der Waals surface area contributed by atoms with Crippen LogP contribution in [0.5, 0.6) is 0 Å². The van der Waals surface area contributed by atoms with Crippen LogP contribution in [0.2, 0.25) is 0 Å². The van der Waals surface area contributed by atoms with Crippen molar-refractivity contribution in [2.24, 2.45) is 5.41 Å². The first-order valence-electron chi connectivity index (χ1n) is 5.99. The molecule has 0 aromatic rings. The second kappa shape index (κ2) is 5.13. The number of rotatable bonds is 5. The molecule has 0 aromatic carbocycles. The van der Waals surface area contributed by atoms with Gasteiger partial charge in [-0.2, -0.15) is 0 Å². The van der Waals surface area contributed by atoms with Crippen LogP contribution in [0.1, 0.15) is 40.5 Å². The number of nitrogens with zero attached hydrogens (tertiary/aromatic N) is 1. The lowest BCUT2D eigenvalue weighted by molar-refractivity contribution is 0.277. The molecular weight excluding hydrogens is 172 g/mol. The van der Waals surface area contributed by atoms with Gasteiger partial charge in [0, 0.05) is 12.6 Å². The molecule has 0 bridgehead atoms. The van der Waals surface area contributed by atoms with E-state index in [0.29, 0.717) is 11.5 Å². The molecule has 0 aliphatic carbocycles. The van der Waals surface area contributed by atoms with Gasteiger partial charge in [-0.05, 0) is 44.8 Å². The van der Waals surface area contributed by atoms with E-state index in [4.69, 9.17) is 0 Å². The van der Waals surface area contributed by atoms with Crippen molar-refractivity contribution in [2.75, 3.05) is 26.2 Å². The summed E-state index contributed by atoms with van der Waals surface area (Å²) >= 11 is 0. The predicted molar refractivity (Wildman–Crippen MR) is 62.6 cm³/mol. The first-order chi connectivity index (χ1) is 6.53. The van der Waals surface area contributed by atoms with E-state index in [1.165, 1.54) is 32.5 Å². The largest absolute Gasteiger partial charge is 0.314 e. The molecule has 1 atom stereocenters. The number of likely N-dealkylation sites (tertiary alicyclic amines) is 1. The molecule has 0 saturated carbocycles. The Hall–Kier alpha value is -0.0800. The van der Waals surface area contributed by atoms with Crippen molar-refractivity contribution in [3.05, 3.63) is 0 Å². The average molecular weight is 198 g/mol. The molecule has 14 heavy (non-hydrogen) atoms. The van der Waals surface area contributed by atoms with Crippen LogP contribution >= 0.6 is 0 Å². The van der Waals surface area contributed by atoms with Gasteiger partial charge in [0.2, 0.25) is 0 Å². The zero-order valence-corrected chi connectivity index (χ0v) is 10.3. The standard InChI is InChI=1S/C12H26N2/c1-5-13-11(2)6-8-14-9-7-12(3,4)10-14/h11,13H,5-10H2,1-4H3. The summed E-state index contributed by atoms with van der Waals surface area (Å²) < 4.78 is 0. The van der Waals surface area contributed by atoms with E-state index >= 15 is 0 Å². The maximum atomic E-state index is 3.46. The molecule has 0 aromatic heterocycles. The van der Waals surface area contributed by atoms with E-state index in [0.717, 1.165) is 6.54 Å². The maximum absolute atomic E-state index is 3.46. The van der Waals surface area contributed by atoms with Crippen LogP contribution in [0, 0.1) is 5.41 Å². The summed E-state index contributed by atoms with van der Waals surface area (Å²) in [5, 5.41) is 3.46. The van der Waals surface area contributed by atoms with Crippen LogP contribution in [0.4, 0.5) is 0 Å². The summed E-state index contributed by atoms with van der Waals surface area (Å²) in [5.41, 5.74) is 0.557. The summed E-state index contributed by atoms with van der Waals surface area (Å²) in [4.78, 5) is 2.60. The molecule has 1 heterocycles. The Morgan fingerprint density at radius 1 is 1.43 bits per heavy atom. The summed E-state index contributed by atoms with van der Waals surface area (Å²) in [6.45, 7) is 14.1. The average Bonchev–Trinajstić information content (AvgIpc) is 2.43. The molecule has 2 nitrogen and oxygen atoms in total. The Bertz CT molecular complexity index is 166. The SMILES string of the molecule is CCNC(C)CCN1CCC(C)(C)C1. The molecule has 1 unspecified atom stereocenters. The minimum atomic E-state index is 0.557. The second-order valence-electron chi connectivity index (χ2n) is 5.44. The lowest BCUT2D eigenvalue weighted by Crippen LogP contribution is -2.32. The highest BCUT2D eigenvalue weighted by molar-refractivity contribution is 4.82. The van der Waals surface area contributed by atoms with Gasteiger partial charge < -0.3 is 10.2 Å². The molecule has 1 N–H and O–H groups in total. The van der Waals surface area contributed by atoms with Crippen LogP contribution < -0.4 is 5.32 Å². The summed E-state index contributed by atoms with van der Waals surface area (Å²) in [5.74, 6) is 0. The Balaban J connectivity index is 2.14. The topological polar surface area (TPSA) is 15.3 Å².